The maximum absolute atomic E-state index is 13.0. The minimum atomic E-state index is -1.03. The van der Waals surface area contributed by atoms with E-state index in [2.05, 4.69) is 9.37 Å². The molecule has 0 saturated heterocycles. The lowest BCUT2D eigenvalue weighted by Crippen LogP contribution is -1.92. The molecule has 0 amide bonds. The van der Waals surface area contributed by atoms with Crippen LogP contribution in [-0.4, -0.2) is 5.26 Å². The van der Waals surface area contributed by atoms with Crippen LogP contribution in [0.5, 0.6) is 0 Å². The largest absolute Gasteiger partial charge is 0.220 e. The molecule has 1 aromatic carbocycles. The first-order chi connectivity index (χ1) is 6.16. The van der Waals surface area contributed by atoms with Crippen LogP contribution in [0.1, 0.15) is 5.56 Å². The summed E-state index contributed by atoms with van der Waals surface area (Å²) in [7, 11) is 0. The van der Waals surface area contributed by atoms with Gasteiger partial charge in [-0.1, -0.05) is 11.1 Å². The zero-order chi connectivity index (χ0) is 9.84. The van der Waals surface area contributed by atoms with Gasteiger partial charge in [-0.05, 0) is 18.6 Å². The lowest BCUT2D eigenvalue weighted by atomic mass is 10.2. The van der Waals surface area contributed by atoms with Crippen LogP contribution in [0.25, 0.3) is 0 Å². The van der Waals surface area contributed by atoms with Gasteiger partial charge < -0.3 is 0 Å². The van der Waals surface area contributed by atoms with Gasteiger partial charge in [-0.15, -0.1) is 4.33 Å². The molecule has 6 heteroatoms. The average molecular weight is 208 g/mol. The van der Waals surface area contributed by atoms with Gasteiger partial charge in [0.1, 0.15) is 0 Å². The van der Waals surface area contributed by atoms with E-state index in [-0.39, 0.29) is 10.5 Å². The molecule has 0 aliphatic heterocycles. The van der Waals surface area contributed by atoms with Gasteiger partial charge in [0.05, 0.1) is 16.9 Å². The lowest BCUT2D eigenvalue weighted by Gasteiger charge is -2.02. The molecular formula is C7H6F2O3S. The summed E-state index contributed by atoms with van der Waals surface area (Å²) in [5.74, 6) is -1.96. The van der Waals surface area contributed by atoms with E-state index < -0.39 is 11.6 Å². The Hall–Kier alpha value is -0.690. The molecule has 0 bridgehead atoms. The molecule has 0 aliphatic carbocycles. The highest BCUT2D eigenvalue weighted by atomic mass is 32.2. The molecule has 0 fully saturated rings. The van der Waals surface area contributed by atoms with E-state index in [1.807, 2.05) is 0 Å². The minimum Gasteiger partial charge on any atom is -0.220 e. The van der Waals surface area contributed by atoms with Crippen molar-refractivity contribution in [1.29, 1.82) is 0 Å². The molecule has 72 valence electrons. The zero-order valence-electron chi connectivity index (χ0n) is 6.58. The van der Waals surface area contributed by atoms with Gasteiger partial charge in [-0.25, -0.2) is 14.0 Å². The molecule has 1 N–H and O–H groups in total. The number of hydrogen-bond donors (Lipinski definition) is 1. The van der Waals surface area contributed by atoms with Gasteiger partial charge >= 0.3 is 0 Å². The number of halogens is 2. The zero-order valence-corrected chi connectivity index (χ0v) is 7.40. The predicted molar refractivity (Wildman–Crippen MR) is 41.8 cm³/mol. The lowest BCUT2D eigenvalue weighted by molar-refractivity contribution is -0.432. The van der Waals surface area contributed by atoms with Crippen molar-refractivity contribution in [2.24, 2.45) is 0 Å². The van der Waals surface area contributed by atoms with Gasteiger partial charge in [0.15, 0.2) is 11.6 Å². The Bertz CT molecular complexity index is 306. The first kappa shape index (κ1) is 10.4. The van der Waals surface area contributed by atoms with Crippen molar-refractivity contribution >= 4 is 12.0 Å². The quantitative estimate of drug-likeness (QED) is 0.471. The highest BCUT2D eigenvalue weighted by Gasteiger charge is 2.11. The van der Waals surface area contributed by atoms with Crippen LogP contribution >= 0.6 is 12.0 Å². The second-order valence-electron chi connectivity index (χ2n) is 2.23. The number of rotatable bonds is 3. The fraction of sp³-hybridized carbons (Fsp3) is 0.143. The van der Waals surface area contributed by atoms with E-state index in [4.69, 9.17) is 5.26 Å². The van der Waals surface area contributed by atoms with Crippen LogP contribution in [0.2, 0.25) is 0 Å². The maximum Gasteiger partial charge on any atom is 0.175 e. The Morgan fingerprint density at radius 2 is 2.00 bits per heavy atom. The topological polar surface area (TPSA) is 38.7 Å². The van der Waals surface area contributed by atoms with E-state index in [0.717, 1.165) is 0 Å². The summed E-state index contributed by atoms with van der Waals surface area (Å²) in [6.07, 6.45) is 0. The normalized spacial score (nSPS) is 10.5. The Morgan fingerprint density at radius 1 is 1.31 bits per heavy atom. The summed E-state index contributed by atoms with van der Waals surface area (Å²) < 4.78 is 29.8. The molecule has 13 heavy (non-hydrogen) atoms. The van der Waals surface area contributed by atoms with E-state index in [1.54, 1.807) is 0 Å². The highest BCUT2D eigenvalue weighted by molar-refractivity contribution is 7.94. The van der Waals surface area contributed by atoms with Crippen LogP contribution in [0.3, 0.4) is 0 Å². The number of hydrogen-bond acceptors (Lipinski definition) is 4. The molecule has 0 unspecified atom stereocenters. The summed E-state index contributed by atoms with van der Waals surface area (Å²) in [5, 5.41) is 11.0. The van der Waals surface area contributed by atoms with Gasteiger partial charge in [-0.3, -0.25) is 0 Å². The molecule has 3 nitrogen and oxygen atoms in total. The van der Waals surface area contributed by atoms with Crippen LogP contribution < -0.4 is 0 Å². The van der Waals surface area contributed by atoms with E-state index in [9.17, 15) is 8.78 Å². The molecule has 0 atom stereocenters. The van der Waals surface area contributed by atoms with Crippen LogP contribution in [0.15, 0.2) is 17.0 Å². The molecular weight excluding hydrogens is 202 g/mol. The summed E-state index contributed by atoms with van der Waals surface area (Å²) in [6.45, 7) is 1.44. The number of benzene rings is 1. The van der Waals surface area contributed by atoms with Gasteiger partial charge in [0.25, 0.3) is 0 Å². The summed E-state index contributed by atoms with van der Waals surface area (Å²) >= 11 is 0.383. The fourth-order valence-corrected chi connectivity index (χ4v) is 1.13. The van der Waals surface area contributed by atoms with Gasteiger partial charge in [0.2, 0.25) is 0 Å². The van der Waals surface area contributed by atoms with Gasteiger partial charge in [-0.2, -0.15) is 0 Å². The van der Waals surface area contributed by atoms with Crippen LogP contribution in [0, 0.1) is 18.6 Å². The highest BCUT2D eigenvalue weighted by Crippen LogP contribution is 2.25. The molecule has 0 radical (unpaired) electrons. The second kappa shape index (κ2) is 4.52. The van der Waals surface area contributed by atoms with E-state index in [0.29, 0.717) is 12.0 Å². The Labute approximate surface area is 77.3 Å². The molecule has 1 rings (SSSR count). The minimum absolute atomic E-state index is 0.0999. The first-order valence-corrected chi connectivity index (χ1v) is 4.00. The summed E-state index contributed by atoms with van der Waals surface area (Å²) in [4.78, 5) is -0.0999. The average Bonchev–Trinajstić information content (AvgIpc) is 2.13. The monoisotopic (exact) mass is 208 g/mol. The van der Waals surface area contributed by atoms with E-state index >= 15 is 0 Å². The van der Waals surface area contributed by atoms with E-state index in [1.165, 1.54) is 19.1 Å². The third-order valence-corrected chi connectivity index (χ3v) is 2.02. The third kappa shape index (κ3) is 2.38. The molecule has 0 heterocycles. The summed E-state index contributed by atoms with van der Waals surface area (Å²) in [6, 6.07) is 2.71. The van der Waals surface area contributed by atoms with Crippen molar-refractivity contribution in [3.63, 3.8) is 0 Å². The Kier molecular flexibility index (Phi) is 3.61. The van der Waals surface area contributed by atoms with Crippen molar-refractivity contribution in [3.05, 3.63) is 29.3 Å². The van der Waals surface area contributed by atoms with Crippen LogP contribution in [0.4, 0.5) is 8.78 Å². The SMILES string of the molecule is Cc1ccc(SOOO)c(F)c1F. The second-order valence-corrected chi connectivity index (χ2v) is 2.98. The first-order valence-electron chi connectivity index (χ1n) is 3.26. The third-order valence-electron chi connectivity index (χ3n) is 1.39. The van der Waals surface area contributed by atoms with Gasteiger partial charge in [0, 0.05) is 0 Å². The maximum atomic E-state index is 13.0. The fourth-order valence-electron chi connectivity index (χ4n) is 0.745. The molecule has 0 aliphatic rings. The Balaban J connectivity index is 2.90. The number of aryl methyl sites for hydroxylation is 1. The smallest absolute Gasteiger partial charge is 0.175 e. The Morgan fingerprint density at radius 3 is 2.62 bits per heavy atom. The summed E-state index contributed by atoms with van der Waals surface area (Å²) in [5.41, 5.74) is 0.201. The van der Waals surface area contributed by atoms with Crippen molar-refractivity contribution in [1.82, 2.24) is 0 Å². The van der Waals surface area contributed by atoms with Crippen molar-refractivity contribution < 1.29 is 23.4 Å². The predicted octanol–water partition coefficient (Wildman–Crippen LogP) is 2.70. The van der Waals surface area contributed by atoms with Crippen molar-refractivity contribution in [3.8, 4) is 0 Å². The van der Waals surface area contributed by atoms with Crippen molar-refractivity contribution in [2.45, 2.75) is 11.8 Å². The molecule has 0 aromatic heterocycles. The van der Waals surface area contributed by atoms with Crippen molar-refractivity contribution in [2.75, 3.05) is 0 Å². The van der Waals surface area contributed by atoms with Crippen LogP contribution in [-0.2, 0) is 9.37 Å². The molecule has 0 saturated carbocycles. The molecule has 1 aromatic rings. The standard InChI is InChI=1S/C7H6F2O3S/c1-4-2-3-5(13-12-11-10)7(9)6(4)8/h2-3,10H,1H3. The molecule has 0 spiro atoms.